The maximum atomic E-state index is 11.8. The zero-order valence-electron chi connectivity index (χ0n) is 25.8. The van der Waals surface area contributed by atoms with Gasteiger partial charge >= 0.3 is 5.97 Å². The predicted octanol–water partition coefficient (Wildman–Crippen LogP) is 8.24. The Hall–Kier alpha value is -4.25. The van der Waals surface area contributed by atoms with E-state index >= 15 is 0 Å². The van der Waals surface area contributed by atoms with E-state index in [4.69, 9.17) is 4.74 Å². The van der Waals surface area contributed by atoms with Crippen LogP contribution in [0.25, 0.3) is 10.8 Å². The molecular weight excluding hydrogens is 518 g/mol. The number of fused-ring (bicyclic) bond motifs is 1. The third-order valence-corrected chi connectivity index (χ3v) is 7.98. The summed E-state index contributed by atoms with van der Waals surface area (Å²) in [6.45, 7) is 18.8. The Morgan fingerprint density at radius 3 is 1.71 bits per heavy atom. The molecule has 0 aliphatic carbocycles. The summed E-state index contributed by atoms with van der Waals surface area (Å²) < 4.78 is 5.29. The molecule has 0 atom stereocenters. The summed E-state index contributed by atoms with van der Waals surface area (Å²) in [7, 11) is 0. The average Bonchev–Trinajstić information content (AvgIpc) is 3.02. The van der Waals surface area contributed by atoms with Crippen LogP contribution in [0, 0.1) is 0 Å². The van der Waals surface area contributed by atoms with Crippen molar-refractivity contribution in [3.05, 3.63) is 114 Å². The fourth-order valence-electron chi connectivity index (χ4n) is 5.67. The molecule has 0 saturated carbocycles. The van der Waals surface area contributed by atoms with Crippen molar-refractivity contribution in [3.8, 4) is 0 Å². The second-order valence-corrected chi connectivity index (χ2v) is 10.6. The first-order valence-corrected chi connectivity index (χ1v) is 15.2. The molecule has 0 aliphatic rings. The number of carbonyl (C=O) groups is 1. The van der Waals surface area contributed by atoms with Crippen LogP contribution in [-0.4, -0.2) is 45.3 Å². The Bertz CT molecular complexity index is 1410. The maximum absolute atomic E-state index is 11.8. The molecule has 0 aliphatic heterocycles. The normalized spacial score (nSPS) is 11.0. The number of hydrogen-bond acceptors (Lipinski definition) is 5. The number of ether oxygens (including phenoxy) is 1. The number of anilines is 3. The SMILES string of the molecule is C=C(C)C(=O)OCCNc1ccc(C(c2ccc(N(CC)CC)cc2)c2ccc(N(CC)CC)cc2)c2ccccc12. The molecule has 0 amide bonds. The zero-order chi connectivity index (χ0) is 30.1. The molecule has 42 heavy (non-hydrogen) atoms. The molecule has 4 aromatic carbocycles. The Labute approximate surface area is 251 Å². The number of nitrogens with zero attached hydrogens (tertiary/aromatic N) is 2. The van der Waals surface area contributed by atoms with Gasteiger partial charge in [0.05, 0.1) is 0 Å². The summed E-state index contributed by atoms with van der Waals surface area (Å²) in [5.74, 6) is -0.296. The molecule has 5 nitrogen and oxygen atoms in total. The standard InChI is InChI=1S/C37H45N3O2/c1-7-39(8-2)30-19-15-28(16-20-30)36(29-17-21-31(22-18-29)40(9-3)10-4)34-23-24-35(33-14-12-11-13-32(33)34)38-25-26-42-37(41)27(5)6/h11-24,36,38H,5,7-10,25-26H2,1-4,6H3. The highest BCUT2D eigenvalue weighted by molar-refractivity contribution is 5.97. The Balaban J connectivity index is 1.75. The molecule has 0 unspecified atom stereocenters. The van der Waals surface area contributed by atoms with Crippen LogP contribution >= 0.6 is 0 Å². The summed E-state index contributed by atoms with van der Waals surface area (Å²) in [5, 5.41) is 5.82. The number of benzene rings is 4. The van der Waals surface area contributed by atoms with Crippen LogP contribution in [0.3, 0.4) is 0 Å². The lowest BCUT2D eigenvalue weighted by Crippen LogP contribution is -2.22. The van der Waals surface area contributed by atoms with Crippen molar-refractivity contribution in [2.45, 2.75) is 40.5 Å². The van der Waals surface area contributed by atoms with E-state index in [0.29, 0.717) is 12.1 Å². The van der Waals surface area contributed by atoms with Crippen LogP contribution in [0.5, 0.6) is 0 Å². The van der Waals surface area contributed by atoms with Crippen molar-refractivity contribution < 1.29 is 9.53 Å². The van der Waals surface area contributed by atoms with Gasteiger partial charge in [0.25, 0.3) is 0 Å². The molecule has 0 fully saturated rings. The van der Waals surface area contributed by atoms with Gasteiger partial charge in [-0.25, -0.2) is 4.79 Å². The average molecular weight is 564 g/mol. The summed E-state index contributed by atoms with van der Waals surface area (Å²) in [6, 6.07) is 31.1. The molecule has 0 bridgehead atoms. The van der Waals surface area contributed by atoms with Crippen LogP contribution in [-0.2, 0) is 9.53 Å². The minimum absolute atomic E-state index is 0.0666. The van der Waals surface area contributed by atoms with Gasteiger partial charge in [0.2, 0.25) is 0 Å². The highest BCUT2D eigenvalue weighted by Crippen LogP contribution is 2.39. The zero-order valence-corrected chi connectivity index (χ0v) is 25.8. The van der Waals surface area contributed by atoms with Gasteiger partial charge in [0.15, 0.2) is 0 Å². The summed E-state index contributed by atoms with van der Waals surface area (Å²) >= 11 is 0. The monoisotopic (exact) mass is 563 g/mol. The molecule has 4 rings (SSSR count). The van der Waals surface area contributed by atoms with Crippen molar-refractivity contribution in [2.24, 2.45) is 0 Å². The second kappa shape index (κ2) is 14.6. The molecule has 0 radical (unpaired) electrons. The minimum Gasteiger partial charge on any atom is -0.460 e. The van der Waals surface area contributed by atoms with Crippen LogP contribution in [0.2, 0.25) is 0 Å². The second-order valence-electron chi connectivity index (χ2n) is 10.6. The van der Waals surface area contributed by atoms with Crippen LogP contribution < -0.4 is 15.1 Å². The molecule has 0 aromatic heterocycles. The molecule has 220 valence electrons. The lowest BCUT2D eigenvalue weighted by atomic mass is 9.82. The molecule has 1 N–H and O–H groups in total. The van der Waals surface area contributed by atoms with E-state index in [0.717, 1.165) is 37.3 Å². The van der Waals surface area contributed by atoms with Gasteiger partial charge in [0, 0.05) is 66.7 Å². The van der Waals surface area contributed by atoms with Gasteiger partial charge in [-0.2, -0.15) is 0 Å². The quantitative estimate of drug-likeness (QED) is 0.0724. The van der Waals surface area contributed by atoms with Crippen molar-refractivity contribution >= 4 is 33.8 Å². The summed E-state index contributed by atoms with van der Waals surface area (Å²) in [6.07, 6.45) is 0. The number of hydrogen-bond donors (Lipinski definition) is 1. The van der Waals surface area contributed by atoms with E-state index in [1.165, 1.54) is 33.5 Å². The highest BCUT2D eigenvalue weighted by atomic mass is 16.5. The van der Waals surface area contributed by atoms with Gasteiger partial charge in [-0.3, -0.25) is 0 Å². The first-order valence-electron chi connectivity index (χ1n) is 15.2. The predicted molar refractivity (Wildman–Crippen MR) is 179 cm³/mol. The topological polar surface area (TPSA) is 44.8 Å². The number of nitrogens with one attached hydrogen (secondary N) is 1. The summed E-state index contributed by atoms with van der Waals surface area (Å²) in [5.41, 5.74) is 7.71. The van der Waals surface area contributed by atoms with Crippen molar-refractivity contribution in [2.75, 3.05) is 54.4 Å². The number of esters is 1. The van der Waals surface area contributed by atoms with E-state index in [2.05, 4.69) is 134 Å². The van der Waals surface area contributed by atoms with Gasteiger partial charge in [-0.15, -0.1) is 0 Å². The third-order valence-electron chi connectivity index (χ3n) is 7.98. The van der Waals surface area contributed by atoms with Crippen LogP contribution in [0.15, 0.2) is 97.1 Å². The fraction of sp³-hybridized carbons (Fsp3) is 0.324. The fourth-order valence-corrected chi connectivity index (χ4v) is 5.67. The largest absolute Gasteiger partial charge is 0.460 e. The third kappa shape index (κ3) is 6.96. The molecular formula is C37H45N3O2. The van der Waals surface area contributed by atoms with Gasteiger partial charge in [-0.1, -0.05) is 61.2 Å². The molecule has 0 saturated heterocycles. The van der Waals surface area contributed by atoms with Crippen molar-refractivity contribution in [3.63, 3.8) is 0 Å². The molecule has 5 heteroatoms. The smallest absolute Gasteiger partial charge is 0.333 e. The van der Waals surface area contributed by atoms with Crippen molar-refractivity contribution in [1.29, 1.82) is 0 Å². The first-order chi connectivity index (χ1) is 20.4. The highest BCUT2D eigenvalue weighted by Gasteiger charge is 2.21. The number of carbonyl (C=O) groups excluding carboxylic acids is 1. The lowest BCUT2D eigenvalue weighted by Gasteiger charge is -2.26. The molecule has 4 aromatic rings. The van der Waals surface area contributed by atoms with Gasteiger partial charge in [0.1, 0.15) is 6.61 Å². The Morgan fingerprint density at radius 1 is 0.738 bits per heavy atom. The van der Waals surface area contributed by atoms with Crippen molar-refractivity contribution in [1.82, 2.24) is 0 Å². The molecule has 0 spiro atoms. The molecule has 0 heterocycles. The van der Waals surface area contributed by atoms with Crippen LogP contribution in [0.4, 0.5) is 17.1 Å². The number of rotatable bonds is 14. The summed E-state index contributed by atoms with van der Waals surface area (Å²) in [4.78, 5) is 16.5. The van der Waals surface area contributed by atoms with E-state index in [1.807, 2.05) is 0 Å². The van der Waals surface area contributed by atoms with E-state index in [9.17, 15) is 4.79 Å². The Morgan fingerprint density at radius 2 is 1.24 bits per heavy atom. The van der Waals surface area contributed by atoms with E-state index < -0.39 is 0 Å². The Kier molecular flexibility index (Phi) is 10.7. The first kappa shape index (κ1) is 30.7. The van der Waals surface area contributed by atoms with E-state index in [1.54, 1.807) is 6.92 Å². The van der Waals surface area contributed by atoms with Crippen LogP contribution in [0.1, 0.15) is 57.2 Å². The van der Waals surface area contributed by atoms with Gasteiger partial charge in [-0.05, 0) is 87.0 Å². The maximum Gasteiger partial charge on any atom is 0.333 e. The lowest BCUT2D eigenvalue weighted by molar-refractivity contribution is -0.138. The van der Waals surface area contributed by atoms with Gasteiger partial charge < -0.3 is 19.9 Å². The van der Waals surface area contributed by atoms with E-state index in [-0.39, 0.29) is 18.5 Å². The minimum atomic E-state index is -0.362.